The molecular weight excluding hydrogens is 378 g/mol. The van der Waals surface area contributed by atoms with E-state index in [1.165, 1.54) is 12.3 Å². The zero-order chi connectivity index (χ0) is 21.0. The van der Waals surface area contributed by atoms with Gasteiger partial charge < -0.3 is 9.31 Å². The van der Waals surface area contributed by atoms with Crippen LogP contribution in [0, 0.1) is 17.5 Å². The van der Waals surface area contributed by atoms with E-state index in [-0.39, 0.29) is 0 Å². The molecule has 0 N–H and O–H groups in total. The summed E-state index contributed by atoms with van der Waals surface area (Å²) in [6, 6.07) is 8.92. The number of fused-ring (bicyclic) bond motifs is 1. The molecule has 1 fully saturated rings. The molecule has 1 aromatic heterocycles. The normalized spacial score (nSPS) is 17.8. The van der Waals surface area contributed by atoms with Crippen molar-refractivity contribution in [2.75, 3.05) is 0 Å². The van der Waals surface area contributed by atoms with Crippen LogP contribution in [0.25, 0.3) is 10.8 Å². The van der Waals surface area contributed by atoms with Gasteiger partial charge in [-0.05, 0) is 56.8 Å². The molecule has 0 radical (unpaired) electrons. The van der Waals surface area contributed by atoms with Crippen molar-refractivity contribution in [2.24, 2.45) is 0 Å². The van der Waals surface area contributed by atoms with Crippen molar-refractivity contribution >= 4 is 23.4 Å². The predicted octanol–water partition coefficient (Wildman–Crippen LogP) is 4.54. The Hall–Kier alpha value is -2.38. The summed E-state index contributed by atoms with van der Waals surface area (Å²) in [5.74, 6) is -2.23. The highest BCUT2D eigenvalue weighted by Crippen LogP contribution is 2.37. The Balaban J connectivity index is 1.64. The molecule has 0 unspecified atom stereocenters. The first-order chi connectivity index (χ1) is 13.6. The van der Waals surface area contributed by atoms with Crippen LogP contribution in [0.1, 0.15) is 39.0 Å². The standard InChI is InChI=1S/C22H21BF3NO2/c1-21(2)22(3,4)29-23(28-21)17-7-6-14-11-15(27-12-16(14)20(17)26)9-13-5-8-18(24)19(25)10-13/h5-8,10-12H,9H2,1-4H3. The van der Waals surface area contributed by atoms with Gasteiger partial charge in [-0.1, -0.05) is 18.2 Å². The molecule has 0 atom stereocenters. The average molecular weight is 399 g/mol. The van der Waals surface area contributed by atoms with E-state index in [1.807, 2.05) is 27.7 Å². The van der Waals surface area contributed by atoms with E-state index in [2.05, 4.69) is 4.98 Å². The first kappa shape index (κ1) is 19.9. The highest BCUT2D eigenvalue weighted by molar-refractivity contribution is 6.62. The summed E-state index contributed by atoms with van der Waals surface area (Å²) in [6.45, 7) is 7.66. The number of rotatable bonds is 3. The van der Waals surface area contributed by atoms with Gasteiger partial charge >= 0.3 is 7.12 Å². The molecule has 4 rings (SSSR count). The van der Waals surface area contributed by atoms with Crippen molar-refractivity contribution < 1.29 is 22.5 Å². The third kappa shape index (κ3) is 3.53. The second-order valence-electron chi connectivity index (χ2n) is 8.38. The summed E-state index contributed by atoms with van der Waals surface area (Å²) in [7, 11) is -0.800. The highest BCUT2D eigenvalue weighted by atomic mass is 19.2. The smallest absolute Gasteiger partial charge is 0.399 e. The lowest BCUT2D eigenvalue weighted by molar-refractivity contribution is 0.00578. The summed E-state index contributed by atoms with van der Waals surface area (Å²) in [6.07, 6.45) is 1.77. The van der Waals surface area contributed by atoms with Crippen LogP contribution in [0.15, 0.2) is 42.6 Å². The molecule has 1 aliphatic rings. The quantitative estimate of drug-likeness (QED) is 0.606. The Bertz CT molecular complexity index is 1080. The molecule has 0 bridgehead atoms. The van der Waals surface area contributed by atoms with Gasteiger partial charge in [0, 0.05) is 29.2 Å². The predicted molar refractivity (Wildman–Crippen MR) is 107 cm³/mol. The lowest BCUT2D eigenvalue weighted by Crippen LogP contribution is -2.41. The van der Waals surface area contributed by atoms with Gasteiger partial charge in [-0.25, -0.2) is 13.2 Å². The van der Waals surface area contributed by atoms with Gasteiger partial charge in [0.25, 0.3) is 0 Å². The van der Waals surface area contributed by atoms with E-state index < -0.39 is 35.8 Å². The fourth-order valence-electron chi connectivity index (χ4n) is 3.35. The van der Waals surface area contributed by atoms with E-state index in [0.717, 1.165) is 12.1 Å². The van der Waals surface area contributed by atoms with Crippen LogP contribution in [-0.4, -0.2) is 23.3 Å². The molecule has 0 spiro atoms. The lowest BCUT2D eigenvalue weighted by Gasteiger charge is -2.32. The number of pyridine rings is 1. The van der Waals surface area contributed by atoms with Crippen LogP contribution in [0.5, 0.6) is 0 Å². The molecule has 7 heteroatoms. The molecule has 0 amide bonds. The van der Waals surface area contributed by atoms with Gasteiger partial charge in [-0.15, -0.1) is 0 Å². The summed E-state index contributed by atoms with van der Waals surface area (Å²) >= 11 is 0. The van der Waals surface area contributed by atoms with Crippen LogP contribution in [-0.2, 0) is 15.7 Å². The number of hydrogen-bond acceptors (Lipinski definition) is 3. The number of benzene rings is 2. The Kier molecular flexibility index (Phi) is 4.71. The second-order valence-corrected chi connectivity index (χ2v) is 8.38. The van der Waals surface area contributed by atoms with Crippen molar-refractivity contribution in [1.82, 2.24) is 4.98 Å². The maximum absolute atomic E-state index is 15.2. The fourth-order valence-corrected chi connectivity index (χ4v) is 3.35. The zero-order valence-electron chi connectivity index (χ0n) is 16.7. The van der Waals surface area contributed by atoms with E-state index >= 15 is 4.39 Å². The minimum atomic E-state index is -0.901. The van der Waals surface area contributed by atoms with Gasteiger partial charge in [0.2, 0.25) is 0 Å². The minimum Gasteiger partial charge on any atom is -0.399 e. The average Bonchev–Trinajstić information content (AvgIpc) is 2.86. The van der Waals surface area contributed by atoms with Crippen molar-refractivity contribution in [3.05, 3.63) is 71.3 Å². The van der Waals surface area contributed by atoms with Crippen molar-refractivity contribution in [3.8, 4) is 0 Å². The largest absolute Gasteiger partial charge is 0.497 e. The van der Waals surface area contributed by atoms with E-state index in [9.17, 15) is 8.78 Å². The molecule has 0 aliphatic carbocycles. The molecular formula is C22H21BF3NO2. The topological polar surface area (TPSA) is 31.4 Å². The van der Waals surface area contributed by atoms with Gasteiger partial charge in [-0.3, -0.25) is 4.98 Å². The van der Waals surface area contributed by atoms with E-state index in [0.29, 0.717) is 33.9 Å². The third-order valence-electron chi connectivity index (χ3n) is 5.80. The molecule has 29 heavy (non-hydrogen) atoms. The van der Waals surface area contributed by atoms with Crippen LogP contribution >= 0.6 is 0 Å². The highest BCUT2D eigenvalue weighted by Gasteiger charge is 2.52. The van der Waals surface area contributed by atoms with E-state index in [1.54, 1.807) is 18.2 Å². The molecule has 1 saturated heterocycles. The monoisotopic (exact) mass is 399 g/mol. The summed E-state index contributed by atoms with van der Waals surface area (Å²) < 4.78 is 53.6. The van der Waals surface area contributed by atoms with Crippen LogP contribution in [0.4, 0.5) is 13.2 Å². The van der Waals surface area contributed by atoms with Crippen LogP contribution < -0.4 is 5.46 Å². The van der Waals surface area contributed by atoms with Gasteiger partial charge in [0.05, 0.1) is 11.2 Å². The van der Waals surface area contributed by atoms with Crippen LogP contribution in [0.3, 0.4) is 0 Å². The van der Waals surface area contributed by atoms with E-state index in [4.69, 9.17) is 9.31 Å². The maximum atomic E-state index is 15.2. The Morgan fingerprint density at radius 3 is 2.24 bits per heavy atom. The van der Waals surface area contributed by atoms with Gasteiger partial charge in [0.1, 0.15) is 5.82 Å². The van der Waals surface area contributed by atoms with Crippen molar-refractivity contribution in [1.29, 1.82) is 0 Å². The third-order valence-corrected chi connectivity index (χ3v) is 5.80. The van der Waals surface area contributed by atoms with Crippen molar-refractivity contribution in [3.63, 3.8) is 0 Å². The first-order valence-electron chi connectivity index (χ1n) is 9.44. The molecule has 2 heterocycles. The Labute approximate surface area is 168 Å². The number of hydrogen-bond donors (Lipinski definition) is 0. The summed E-state index contributed by atoms with van der Waals surface area (Å²) in [5.41, 5.74) is 0.416. The van der Waals surface area contributed by atoms with Crippen LogP contribution in [0.2, 0.25) is 0 Å². The second kappa shape index (κ2) is 6.85. The lowest BCUT2D eigenvalue weighted by atomic mass is 9.77. The number of nitrogens with zero attached hydrogens (tertiary/aromatic N) is 1. The number of aromatic nitrogens is 1. The summed E-state index contributed by atoms with van der Waals surface area (Å²) in [5, 5.41) is 1.02. The molecule has 2 aromatic carbocycles. The first-order valence-corrected chi connectivity index (χ1v) is 9.44. The molecule has 0 saturated carbocycles. The fraction of sp³-hybridized carbons (Fsp3) is 0.318. The minimum absolute atomic E-state index is 0.313. The van der Waals surface area contributed by atoms with Gasteiger partial charge in [-0.2, -0.15) is 0 Å². The Morgan fingerprint density at radius 1 is 0.897 bits per heavy atom. The zero-order valence-corrected chi connectivity index (χ0v) is 16.7. The molecule has 3 nitrogen and oxygen atoms in total. The van der Waals surface area contributed by atoms with Crippen molar-refractivity contribution in [2.45, 2.75) is 45.3 Å². The Morgan fingerprint density at radius 2 is 1.59 bits per heavy atom. The molecule has 3 aromatic rings. The van der Waals surface area contributed by atoms with Gasteiger partial charge in [0.15, 0.2) is 11.6 Å². The number of halogens is 3. The SMILES string of the molecule is CC1(C)OB(c2ccc3cc(Cc4ccc(F)c(F)c4)ncc3c2F)OC1(C)C. The molecule has 1 aliphatic heterocycles. The maximum Gasteiger partial charge on any atom is 0.497 e. The summed E-state index contributed by atoms with van der Waals surface area (Å²) in [4.78, 5) is 4.30. The molecule has 150 valence electrons.